The minimum Gasteiger partial charge on any atom is -1.00 e. The molecule has 0 saturated heterocycles. The zero-order valence-electron chi connectivity index (χ0n) is 31.4. The number of fused-ring (bicyclic) bond motifs is 3. The number of allylic oxidation sites excluding steroid dienone is 4. The van der Waals surface area contributed by atoms with Crippen molar-refractivity contribution in [3.63, 3.8) is 0 Å². The van der Waals surface area contributed by atoms with Crippen LogP contribution in [0.2, 0.25) is 0 Å². The molecule has 0 nitrogen and oxygen atoms in total. The van der Waals surface area contributed by atoms with Crippen molar-refractivity contribution in [2.24, 2.45) is 11.3 Å². The van der Waals surface area contributed by atoms with Crippen LogP contribution in [0.25, 0.3) is 21.5 Å². The molecular formula is C46H54Cl2Zr-2. The molecular weight excluding hydrogens is 715 g/mol. The Bertz CT molecular complexity index is 1750. The third-order valence-electron chi connectivity index (χ3n) is 8.91. The van der Waals surface area contributed by atoms with Gasteiger partial charge in [0, 0.05) is 0 Å². The minimum atomic E-state index is 0. The molecule has 0 aliphatic heterocycles. The third-order valence-corrected chi connectivity index (χ3v) is 10.3. The Hall–Kier alpha value is -2.44. The molecule has 3 heteroatoms. The van der Waals surface area contributed by atoms with Crippen LogP contribution in [-0.4, -0.2) is 3.21 Å². The van der Waals surface area contributed by atoms with Gasteiger partial charge in [0.15, 0.2) is 0 Å². The summed E-state index contributed by atoms with van der Waals surface area (Å²) < 4.78 is 1.42. The summed E-state index contributed by atoms with van der Waals surface area (Å²) in [5.41, 5.74) is 9.12. The third kappa shape index (κ3) is 11.3. The van der Waals surface area contributed by atoms with Crippen LogP contribution in [0.5, 0.6) is 0 Å². The molecule has 0 spiro atoms. The molecule has 6 rings (SSSR count). The maximum absolute atomic E-state index is 3.48. The zero-order chi connectivity index (χ0) is 34.6. The fourth-order valence-corrected chi connectivity index (χ4v) is 6.90. The molecule has 0 aromatic heterocycles. The van der Waals surface area contributed by atoms with Crippen LogP contribution in [-0.2, 0) is 35.1 Å². The van der Waals surface area contributed by atoms with Gasteiger partial charge in [-0.15, -0.1) is 39.7 Å². The topological polar surface area (TPSA) is 0 Å². The molecule has 0 fully saturated rings. The second kappa shape index (κ2) is 17.7. The molecule has 258 valence electrons. The number of halogens is 2. The maximum Gasteiger partial charge on any atom is -0.0642 e. The van der Waals surface area contributed by atoms with E-state index in [2.05, 4.69) is 191 Å². The smallest absolute Gasteiger partial charge is 0.0642 e. The van der Waals surface area contributed by atoms with E-state index in [1.54, 1.807) is 0 Å². The van der Waals surface area contributed by atoms with Crippen LogP contribution in [0.15, 0.2) is 120 Å². The Morgan fingerprint density at radius 3 is 1.33 bits per heavy atom. The Labute approximate surface area is 325 Å². The monoisotopic (exact) mass is 766 g/mol. The first-order chi connectivity index (χ1) is 22.0. The van der Waals surface area contributed by atoms with Gasteiger partial charge in [0.05, 0.1) is 0 Å². The largest absolute Gasteiger partial charge is 1.00 e. The van der Waals surface area contributed by atoms with Gasteiger partial charge in [-0.1, -0.05) is 88.8 Å². The van der Waals surface area contributed by atoms with E-state index in [-0.39, 0.29) is 35.6 Å². The van der Waals surface area contributed by atoms with Crippen LogP contribution in [0, 0.1) is 17.4 Å². The molecule has 49 heavy (non-hydrogen) atoms. The van der Waals surface area contributed by atoms with Crippen molar-refractivity contribution >= 4 is 24.8 Å². The first-order valence-electron chi connectivity index (χ1n) is 17.2. The van der Waals surface area contributed by atoms with Crippen LogP contribution in [0.1, 0.15) is 105 Å². The summed E-state index contributed by atoms with van der Waals surface area (Å²) in [5, 5.41) is 5.39. The van der Waals surface area contributed by atoms with E-state index >= 15 is 0 Å². The summed E-state index contributed by atoms with van der Waals surface area (Å²) in [6, 6.07) is 37.4. The van der Waals surface area contributed by atoms with E-state index in [1.807, 2.05) is 0 Å². The van der Waals surface area contributed by atoms with E-state index in [9.17, 15) is 0 Å². The molecule has 1 atom stereocenters. The van der Waals surface area contributed by atoms with Gasteiger partial charge in [-0.3, -0.25) is 6.08 Å². The average molecular weight is 769 g/mol. The van der Waals surface area contributed by atoms with Crippen molar-refractivity contribution in [2.45, 2.75) is 93.4 Å². The average Bonchev–Trinajstić information content (AvgIpc) is 3.61. The summed E-state index contributed by atoms with van der Waals surface area (Å²) in [6.45, 7) is 24.8. The Balaban J connectivity index is 0.000000265. The summed E-state index contributed by atoms with van der Waals surface area (Å²) in [7, 11) is 0. The van der Waals surface area contributed by atoms with E-state index in [1.165, 1.54) is 82.4 Å². The van der Waals surface area contributed by atoms with Crippen LogP contribution < -0.4 is 24.8 Å². The number of hydrogen-bond acceptors (Lipinski definition) is 0. The molecule has 1 unspecified atom stereocenters. The molecule has 0 saturated carbocycles. The van der Waals surface area contributed by atoms with Gasteiger partial charge in [0.1, 0.15) is 0 Å². The van der Waals surface area contributed by atoms with E-state index in [4.69, 9.17) is 0 Å². The van der Waals surface area contributed by atoms with Gasteiger partial charge in [-0.25, -0.2) is 5.57 Å². The minimum absolute atomic E-state index is 0. The summed E-state index contributed by atoms with van der Waals surface area (Å²) >= 11 is 1.46. The van der Waals surface area contributed by atoms with E-state index in [0.29, 0.717) is 11.3 Å². The number of rotatable bonds is 3. The van der Waals surface area contributed by atoms with Crippen molar-refractivity contribution in [3.8, 4) is 0 Å². The van der Waals surface area contributed by atoms with Crippen LogP contribution >= 0.6 is 0 Å². The standard InChI is InChI=1S/C21H26.C13H9.C12H19.2ClH.Zr/c1-20(2,3)18-11-7-16(8-12-18)15-17-9-13-19(14-10-17)21(4,5)6;1-3-7-12-10(5-1)9-11-6-2-4-8-13(11)12;1-6-10-7-9(2)8-11(10)12(3,4)5;;;/h7-14H,1-6H3;1-9H;8-9H,6H2,1-5H3;2*1H;/q;2*-1;;;+2/p-2. The van der Waals surface area contributed by atoms with Gasteiger partial charge in [0.25, 0.3) is 0 Å². The molecule has 0 radical (unpaired) electrons. The molecule has 0 bridgehead atoms. The molecule has 5 aromatic carbocycles. The van der Waals surface area contributed by atoms with Crippen LogP contribution in [0.4, 0.5) is 0 Å². The van der Waals surface area contributed by atoms with Crippen molar-refractivity contribution in [2.75, 3.05) is 0 Å². The molecule has 5 aromatic rings. The number of benzene rings is 4. The first-order valence-corrected chi connectivity index (χ1v) is 18.4. The molecule has 0 heterocycles. The zero-order valence-corrected chi connectivity index (χ0v) is 35.4. The predicted molar refractivity (Wildman–Crippen MR) is 204 cm³/mol. The Morgan fingerprint density at radius 1 is 0.612 bits per heavy atom. The molecule has 0 amide bonds. The maximum atomic E-state index is 3.48. The molecule has 1 aliphatic rings. The fraction of sp³-hybridized carbons (Fsp3) is 0.348. The fourth-order valence-electron chi connectivity index (χ4n) is 6.08. The molecule has 1 aliphatic carbocycles. The van der Waals surface area contributed by atoms with Gasteiger partial charge in [0.2, 0.25) is 0 Å². The summed E-state index contributed by atoms with van der Waals surface area (Å²) in [5.74, 6) is 0.522. The predicted octanol–water partition coefficient (Wildman–Crippen LogP) is 6.87. The summed E-state index contributed by atoms with van der Waals surface area (Å²) in [4.78, 5) is 0. The van der Waals surface area contributed by atoms with Crippen molar-refractivity contribution in [1.29, 1.82) is 0 Å². The quantitative estimate of drug-likeness (QED) is 0.176. The SMILES string of the molecule is CC(C)(C)c1ccc([C](=[Zr+2])c2ccc(C(C)(C)C)cc2)cc1.CCC1=[C-]C(C)C=C1C(C)(C)C.[Cl-].[Cl-].c1ccc2c(c1)[cH-]c1ccccc12. The Morgan fingerprint density at radius 2 is 1.00 bits per heavy atom. The van der Waals surface area contributed by atoms with Crippen molar-refractivity contribution in [3.05, 3.63) is 149 Å². The van der Waals surface area contributed by atoms with E-state index in [0.717, 1.165) is 6.42 Å². The Kier molecular flexibility index (Phi) is 15.4. The second-order valence-corrected chi connectivity index (χ2v) is 17.2. The van der Waals surface area contributed by atoms with Crippen molar-refractivity contribution < 1.29 is 49.0 Å². The first kappa shape index (κ1) is 42.7. The van der Waals surface area contributed by atoms with Gasteiger partial charge < -0.3 is 24.8 Å². The van der Waals surface area contributed by atoms with Gasteiger partial charge in [-0.05, 0) is 0 Å². The molecule has 0 N–H and O–H groups in total. The van der Waals surface area contributed by atoms with Gasteiger partial charge >= 0.3 is 151 Å². The summed E-state index contributed by atoms with van der Waals surface area (Å²) in [6.07, 6.45) is 6.95. The second-order valence-electron chi connectivity index (χ2n) is 15.9. The van der Waals surface area contributed by atoms with Gasteiger partial charge in [-0.2, -0.15) is 11.6 Å². The van der Waals surface area contributed by atoms with Crippen molar-refractivity contribution in [1.82, 2.24) is 0 Å². The normalized spacial score (nSPS) is 14.3. The van der Waals surface area contributed by atoms with Crippen LogP contribution in [0.3, 0.4) is 0 Å². The van der Waals surface area contributed by atoms with E-state index < -0.39 is 0 Å². The number of hydrogen-bond donors (Lipinski definition) is 0.